The van der Waals surface area contributed by atoms with Crippen molar-refractivity contribution in [3.05, 3.63) is 23.8 Å². The van der Waals surface area contributed by atoms with Gasteiger partial charge in [0.1, 0.15) is 12.2 Å². The first kappa shape index (κ1) is 33.6. The lowest BCUT2D eigenvalue weighted by Crippen LogP contribution is -2.78. The summed E-state index contributed by atoms with van der Waals surface area (Å²) in [5, 5.41) is 23.2. The first-order valence-electron chi connectivity index (χ1n) is 16.4. The van der Waals surface area contributed by atoms with E-state index in [0.29, 0.717) is 25.2 Å². The number of esters is 2. The average Bonchev–Trinajstić information content (AvgIpc) is 3.18. The van der Waals surface area contributed by atoms with Gasteiger partial charge in [-0.2, -0.15) is 0 Å². The molecule has 2 heterocycles. The highest BCUT2D eigenvalue weighted by Gasteiger charge is 2.78. The first-order chi connectivity index (χ1) is 20.4. The molecule has 0 aromatic rings. The van der Waals surface area contributed by atoms with Gasteiger partial charge in [0.15, 0.2) is 18.0 Å². The second kappa shape index (κ2) is 11.2. The van der Waals surface area contributed by atoms with E-state index >= 15 is 0 Å². The molecule has 2 unspecified atom stereocenters. The Kier molecular flexibility index (Phi) is 8.53. The van der Waals surface area contributed by atoms with Gasteiger partial charge in [0.05, 0.1) is 24.4 Å². The number of aliphatic hydroxyl groups is 2. The van der Waals surface area contributed by atoms with E-state index in [4.69, 9.17) is 23.7 Å². The summed E-state index contributed by atoms with van der Waals surface area (Å²) in [4.78, 5) is 26.1. The number of rotatable bonds is 8. The Morgan fingerprint density at radius 3 is 2.36 bits per heavy atom. The number of aliphatic hydroxyl groups excluding tert-OH is 1. The van der Waals surface area contributed by atoms with Crippen LogP contribution in [-0.2, 0) is 33.3 Å². The van der Waals surface area contributed by atoms with Crippen molar-refractivity contribution in [2.24, 2.45) is 40.4 Å². The van der Waals surface area contributed by atoms with Gasteiger partial charge in [-0.25, -0.2) is 4.79 Å². The maximum absolute atomic E-state index is 13.4. The second-order valence-electron chi connectivity index (χ2n) is 15.6. The Morgan fingerprint density at radius 2 is 1.84 bits per heavy atom. The van der Waals surface area contributed by atoms with Gasteiger partial charge in [-0.3, -0.25) is 4.79 Å². The van der Waals surface area contributed by atoms with Crippen LogP contribution in [0.2, 0.25) is 0 Å². The molecule has 2 aliphatic heterocycles. The van der Waals surface area contributed by atoms with Crippen LogP contribution in [0.3, 0.4) is 0 Å². The lowest BCUT2D eigenvalue weighted by Gasteiger charge is -2.68. The summed E-state index contributed by atoms with van der Waals surface area (Å²) in [6.07, 6.45) is -0.317. The zero-order chi connectivity index (χ0) is 32.7. The van der Waals surface area contributed by atoms with Gasteiger partial charge < -0.3 is 33.9 Å². The molecule has 9 heteroatoms. The van der Waals surface area contributed by atoms with Crippen molar-refractivity contribution >= 4 is 11.9 Å². The van der Waals surface area contributed by atoms with Crippen LogP contribution in [0.4, 0.5) is 0 Å². The Hall–Kier alpha value is -1.78. The third-order valence-electron chi connectivity index (χ3n) is 12.1. The molecule has 2 saturated carbocycles. The molecule has 5 rings (SSSR count). The van der Waals surface area contributed by atoms with Gasteiger partial charge in [0.2, 0.25) is 0 Å². The fourth-order valence-corrected chi connectivity index (χ4v) is 10.6. The van der Waals surface area contributed by atoms with Crippen LogP contribution in [0.5, 0.6) is 0 Å². The zero-order valence-corrected chi connectivity index (χ0v) is 28.2. The maximum Gasteiger partial charge on any atom is 0.335 e. The molecule has 13 atom stereocenters. The third-order valence-corrected chi connectivity index (χ3v) is 12.1. The fraction of sp³-hybridized carbons (Fsp3) is 0.829. The Morgan fingerprint density at radius 1 is 1.18 bits per heavy atom. The molecule has 0 radical (unpaired) electrons. The standard InChI is InChI=1S/C35H54O9/c1-12-26-42-24-14-25-35(16-40-25,44-22(8)36)29-21(7)34(32(9,10)39)15-23(41-31(38)28(37)18(4)13-17(2)3)19(5)27(34)20(6)30(43-26)33(24,29)11/h12,17-18,20-21,23-26,28-30,37,39H,1,13-16H2,2-11H3/t18-,20-,21-,23?,24-,25+,26?,28+,29-,30-,33+,34+,35-/m0/s1. The van der Waals surface area contributed by atoms with E-state index < -0.39 is 46.5 Å². The van der Waals surface area contributed by atoms with Crippen LogP contribution in [-0.4, -0.2) is 76.8 Å². The molecule has 44 heavy (non-hydrogen) atoms. The molecule has 0 aromatic carbocycles. The highest BCUT2D eigenvalue weighted by atomic mass is 16.7. The topological polar surface area (TPSA) is 121 Å². The van der Waals surface area contributed by atoms with Crippen LogP contribution in [0.1, 0.15) is 88.5 Å². The van der Waals surface area contributed by atoms with E-state index in [1.165, 1.54) is 6.92 Å². The van der Waals surface area contributed by atoms with Crippen molar-refractivity contribution in [3.8, 4) is 0 Å². The minimum absolute atomic E-state index is 0.215. The number of ether oxygens (including phenoxy) is 5. The van der Waals surface area contributed by atoms with Crippen molar-refractivity contribution in [1.82, 2.24) is 0 Å². The highest BCUT2D eigenvalue weighted by molar-refractivity contribution is 5.75. The summed E-state index contributed by atoms with van der Waals surface area (Å²) in [6.45, 7) is 23.7. The van der Waals surface area contributed by atoms with Crippen molar-refractivity contribution in [2.75, 3.05) is 6.61 Å². The number of carbonyl (C=O) groups excluding carboxylic acids is 2. The van der Waals surface area contributed by atoms with Gasteiger partial charge in [-0.15, -0.1) is 0 Å². The highest BCUT2D eigenvalue weighted by Crippen LogP contribution is 2.71. The molecule has 2 saturated heterocycles. The van der Waals surface area contributed by atoms with Gasteiger partial charge >= 0.3 is 11.9 Å². The summed E-state index contributed by atoms with van der Waals surface area (Å²) in [5.41, 5.74) is -1.83. The average molecular weight is 619 g/mol. The predicted octanol–water partition coefficient (Wildman–Crippen LogP) is 4.73. The molecule has 4 fully saturated rings. The fourth-order valence-electron chi connectivity index (χ4n) is 10.6. The van der Waals surface area contributed by atoms with E-state index in [9.17, 15) is 19.8 Å². The molecule has 9 nitrogen and oxygen atoms in total. The van der Waals surface area contributed by atoms with Crippen molar-refractivity contribution < 1.29 is 43.5 Å². The minimum atomic E-state index is -1.27. The smallest absolute Gasteiger partial charge is 0.335 e. The van der Waals surface area contributed by atoms with Crippen LogP contribution in [0, 0.1) is 40.4 Å². The summed E-state index contributed by atoms with van der Waals surface area (Å²) < 4.78 is 31.8. The third kappa shape index (κ3) is 4.66. The molecule has 0 aromatic heterocycles. The van der Waals surface area contributed by atoms with E-state index in [1.807, 2.05) is 27.7 Å². The molecule has 2 N–H and O–H groups in total. The lowest BCUT2D eigenvalue weighted by atomic mass is 9.47. The summed E-state index contributed by atoms with van der Waals surface area (Å²) >= 11 is 0. The van der Waals surface area contributed by atoms with Crippen LogP contribution < -0.4 is 0 Å². The predicted molar refractivity (Wildman–Crippen MR) is 163 cm³/mol. The Balaban J connectivity index is 1.67. The monoisotopic (exact) mass is 618 g/mol. The number of carbonyl (C=O) groups is 2. The van der Waals surface area contributed by atoms with Crippen molar-refractivity contribution in [2.45, 2.75) is 137 Å². The van der Waals surface area contributed by atoms with Gasteiger partial charge in [-0.1, -0.05) is 53.7 Å². The van der Waals surface area contributed by atoms with Gasteiger partial charge in [0, 0.05) is 42.4 Å². The Bertz CT molecular complexity index is 1200. The molecule has 3 aliphatic carbocycles. The number of hydrogen-bond acceptors (Lipinski definition) is 9. The number of hydrogen-bond donors (Lipinski definition) is 2. The van der Waals surface area contributed by atoms with Crippen LogP contribution >= 0.6 is 0 Å². The molecule has 0 bridgehead atoms. The summed E-state index contributed by atoms with van der Waals surface area (Å²) in [5.74, 6) is -1.77. The number of fused-ring (bicyclic) bond motifs is 3. The SMILES string of the molecule is C=CC1O[C@H]2C[C@H]3OC[C@@]3(OC(C)=O)[C@H]3[C@H](C)[C@]4(C(C)(C)O)CC(OC(=O)[C@H](O)[C@@H](C)CC(C)C)C(C)=C4[C@H](C)[C@H](O1)[C@]23C. The maximum atomic E-state index is 13.4. The molecule has 5 aliphatic rings. The summed E-state index contributed by atoms with van der Waals surface area (Å²) in [7, 11) is 0. The molecule has 0 amide bonds. The van der Waals surface area contributed by atoms with E-state index in [0.717, 1.165) is 11.1 Å². The largest absolute Gasteiger partial charge is 0.456 e. The van der Waals surface area contributed by atoms with Gasteiger partial charge in [0.25, 0.3) is 0 Å². The van der Waals surface area contributed by atoms with Crippen LogP contribution in [0.15, 0.2) is 23.8 Å². The van der Waals surface area contributed by atoms with Crippen LogP contribution in [0.25, 0.3) is 0 Å². The zero-order valence-electron chi connectivity index (χ0n) is 28.2. The van der Waals surface area contributed by atoms with E-state index in [1.54, 1.807) is 6.08 Å². The van der Waals surface area contributed by atoms with Crippen molar-refractivity contribution in [1.29, 1.82) is 0 Å². The Labute approximate surface area is 262 Å². The quantitative estimate of drug-likeness (QED) is 0.294. The first-order valence-corrected chi connectivity index (χ1v) is 16.4. The van der Waals surface area contributed by atoms with Gasteiger partial charge in [-0.05, 0) is 56.6 Å². The minimum Gasteiger partial charge on any atom is -0.456 e. The van der Waals surface area contributed by atoms with Crippen molar-refractivity contribution in [3.63, 3.8) is 0 Å². The van der Waals surface area contributed by atoms with E-state index in [2.05, 4.69) is 41.2 Å². The molecule has 248 valence electrons. The normalized spacial score (nSPS) is 44.4. The summed E-state index contributed by atoms with van der Waals surface area (Å²) in [6, 6.07) is 0. The second-order valence-corrected chi connectivity index (χ2v) is 15.6. The lowest BCUT2D eigenvalue weighted by molar-refractivity contribution is -0.387. The molecular weight excluding hydrogens is 564 g/mol. The molecule has 0 spiro atoms. The molecular formula is C35H54O9. The van der Waals surface area contributed by atoms with E-state index in [-0.39, 0.29) is 54.6 Å².